The first-order chi connectivity index (χ1) is 17.2. The molecule has 4 rings (SSSR count). The number of nitrogens with zero attached hydrogens (tertiary/aromatic N) is 3. The van der Waals surface area contributed by atoms with Gasteiger partial charge in [-0.05, 0) is 51.3 Å². The van der Waals surface area contributed by atoms with E-state index in [1.54, 1.807) is 14.4 Å². The van der Waals surface area contributed by atoms with E-state index in [1.165, 1.54) is 0 Å². The van der Waals surface area contributed by atoms with Crippen LogP contribution in [-0.4, -0.2) is 63.4 Å². The highest BCUT2D eigenvalue weighted by molar-refractivity contribution is 5.75. The van der Waals surface area contributed by atoms with Gasteiger partial charge in [0.15, 0.2) is 0 Å². The number of aromatic nitrogens is 2. The first-order valence-corrected chi connectivity index (χ1v) is 12.3. The molecule has 2 amide bonds. The Morgan fingerprint density at radius 1 is 1.03 bits per heavy atom. The van der Waals surface area contributed by atoms with Crippen LogP contribution in [0.4, 0.5) is 9.59 Å². The van der Waals surface area contributed by atoms with Crippen LogP contribution < -0.4 is 5.69 Å². The second-order valence-corrected chi connectivity index (χ2v) is 10.0. The number of nitrogens with one attached hydrogen (secondary N) is 1. The molecule has 1 aromatic heterocycles. The SMILES string of the molecule is CC(C)(C)OC(=O)N(CCOC(=O)N1CCC(n2c(=O)[nH]c3ccccc32)CC1)Cc1ccccc1. The molecule has 9 nitrogen and oxygen atoms in total. The van der Waals surface area contributed by atoms with Gasteiger partial charge in [0.1, 0.15) is 12.2 Å². The molecule has 1 saturated heterocycles. The molecule has 0 aliphatic carbocycles. The van der Waals surface area contributed by atoms with Crippen LogP contribution in [0.25, 0.3) is 11.0 Å². The van der Waals surface area contributed by atoms with E-state index < -0.39 is 17.8 Å². The second-order valence-electron chi connectivity index (χ2n) is 10.0. The van der Waals surface area contributed by atoms with Crippen molar-refractivity contribution < 1.29 is 19.1 Å². The summed E-state index contributed by atoms with van der Waals surface area (Å²) in [7, 11) is 0. The fourth-order valence-corrected chi connectivity index (χ4v) is 4.44. The molecule has 1 aliphatic heterocycles. The standard InChI is InChI=1S/C27H34N4O5/c1-27(2,3)36-26(34)30(19-20-9-5-4-6-10-20)17-18-35-25(33)29-15-13-21(14-16-29)31-23-12-8-7-11-22(23)28-24(31)32/h4-12,21H,13-19H2,1-3H3,(H,28,32). The fourth-order valence-electron chi connectivity index (χ4n) is 4.44. The fraction of sp³-hybridized carbons (Fsp3) is 0.444. The number of benzene rings is 2. The Labute approximate surface area is 210 Å². The van der Waals surface area contributed by atoms with E-state index in [2.05, 4.69) is 4.98 Å². The monoisotopic (exact) mass is 494 g/mol. The lowest BCUT2D eigenvalue weighted by Gasteiger charge is -2.32. The van der Waals surface area contributed by atoms with Gasteiger partial charge < -0.3 is 24.3 Å². The third kappa shape index (κ3) is 6.27. The summed E-state index contributed by atoms with van der Waals surface area (Å²) in [4.78, 5) is 44.0. The molecule has 0 spiro atoms. The van der Waals surface area contributed by atoms with Crippen molar-refractivity contribution in [1.29, 1.82) is 0 Å². The van der Waals surface area contributed by atoms with Gasteiger partial charge in [-0.15, -0.1) is 0 Å². The van der Waals surface area contributed by atoms with E-state index in [0.717, 1.165) is 16.6 Å². The van der Waals surface area contributed by atoms with Crippen LogP contribution in [0.15, 0.2) is 59.4 Å². The summed E-state index contributed by atoms with van der Waals surface area (Å²) in [5.74, 6) is 0. The van der Waals surface area contributed by atoms with Crippen LogP contribution in [-0.2, 0) is 16.0 Å². The van der Waals surface area contributed by atoms with Crippen molar-refractivity contribution in [2.24, 2.45) is 0 Å². The molecule has 1 N–H and O–H groups in total. The van der Waals surface area contributed by atoms with Gasteiger partial charge in [0.2, 0.25) is 0 Å². The van der Waals surface area contributed by atoms with E-state index in [0.29, 0.717) is 32.5 Å². The summed E-state index contributed by atoms with van der Waals surface area (Å²) in [6.45, 7) is 7.09. The number of carbonyl (C=O) groups is 2. The zero-order valence-corrected chi connectivity index (χ0v) is 21.1. The van der Waals surface area contributed by atoms with E-state index in [1.807, 2.05) is 75.4 Å². The number of rotatable bonds is 6. The van der Waals surface area contributed by atoms with E-state index in [-0.39, 0.29) is 24.9 Å². The predicted molar refractivity (Wildman–Crippen MR) is 137 cm³/mol. The van der Waals surface area contributed by atoms with Gasteiger partial charge in [0, 0.05) is 25.7 Å². The lowest BCUT2D eigenvalue weighted by molar-refractivity contribution is 0.0170. The number of piperidine rings is 1. The number of fused-ring (bicyclic) bond motifs is 1. The van der Waals surface area contributed by atoms with Gasteiger partial charge in [-0.25, -0.2) is 14.4 Å². The molecule has 2 heterocycles. The Hall–Kier alpha value is -3.75. The molecule has 9 heteroatoms. The Bertz CT molecular complexity index is 1240. The minimum Gasteiger partial charge on any atom is -0.448 e. The van der Waals surface area contributed by atoms with Gasteiger partial charge in [-0.1, -0.05) is 42.5 Å². The van der Waals surface area contributed by atoms with Crippen molar-refractivity contribution in [2.75, 3.05) is 26.2 Å². The normalized spacial score (nSPS) is 14.6. The lowest BCUT2D eigenvalue weighted by Crippen LogP contribution is -2.42. The maximum atomic E-state index is 12.7. The quantitative estimate of drug-likeness (QED) is 0.543. The van der Waals surface area contributed by atoms with Crippen LogP contribution in [0.2, 0.25) is 0 Å². The van der Waals surface area contributed by atoms with Crippen LogP contribution in [0, 0.1) is 0 Å². The number of amides is 2. The molecule has 2 aromatic carbocycles. The number of hydrogen-bond donors (Lipinski definition) is 1. The Balaban J connectivity index is 1.30. The summed E-state index contributed by atoms with van der Waals surface area (Å²) in [6, 6.07) is 17.3. The van der Waals surface area contributed by atoms with Crippen molar-refractivity contribution in [2.45, 2.75) is 51.8 Å². The van der Waals surface area contributed by atoms with Gasteiger partial charge in [0.05, 0.1) is 17.6 Å². The Morgan fingerprint density at radius 2 is 1.69 bits per heavy atom. The zero-order chi connectivity index (χ0) is 25.7. The number of hydrogen-bond acceptors (Lipinski definition) is 5. The smallest absolute Gasteiger partial charge is 0.410 e. The summed E-state index contributed by atoms with van der Waals surface area (Å²) < 4.78 is 12.8. The third-order valence-electron chi connectivity index (χ3n) is 6.17. The van der Waals surface area contributed by atoms with E-state index >= 15 is 0 Å². The first kappa shape index (κ1) is 25.3. The maximum Gasteiger partial charge on any atom is 0.410 e. The van der Waals surface area contributed by atoms with Crippen LogP contribution >= 0.6 is 0 Å². The molecule has 1 fully saturated rings. The highest BCUT2D eigenvalue weighted by atomic mass is 16.6. The van der Waals surface area contributed by atoms with Crippen LogP contribution in [0.3, 0.4) is 0 Å². The van der Waals surface area contributed by atoms with Gasteiger partial charge in [0.25, 0.3) is 0 Å². The number of imidazole rings is 1. The highest BCUT2D eigenvalue weighted by Gasteiger charge is 2.27. The summed E-state index contributed by atoms with van der Waals surface area (Å²) >= 11 is 0. The van der Waals surface area contributed by atoms with Crippen molar-refractivity contribution in [3.8, 4) is 0 Å². The van der Waals surface area contributed by atoms with E-state index in [4.69, 9.17) is 9.47 Å². The number of aromatic amines is 1. The molecule has 0 bridgehead atoms. The minimum absolute atomic E-state index is 0.0197. The largest absolute Gasteiger partial charge is 0.448 e. The molecule has 0 saturated carbocycles. The van der Waals surface area contributed by atoms with Crippen molar-refractivity contribution in [3.05, 3.63) is 70.6 Å². The number of carbonyl (C=O) groups excluding carboxylic acids is 2. The number of para-hydroxylation sites is 2. The van der Waals surface area contributed by atoms with Crippen molar-refractivity contribution >= 4 is 23.2 Å². The third-order valence-corrected chi connectivity index (χ3v) is 6.17. The molecule has 1 aliphatic rings. The van der Waals surface area contributed by atoms with Gasteiger partial charge >= 0.3 is 17.9 Å². The molecule has 0 unspecified atom stereocenters. The first-order valence-electron chi connectivity index (χ1n) is 12.3. The summed E-state index contributed by atoms with van der Waals surface area (Å²) in [6.07, 6.45) is 0.458. The molecule has 192 valence electrons. The highest BCUT2D eigenvalue weighted by Crippen LogP contribution is 2.25. The van der Waals surface area contributed by atoms with Gasteiger partial charge in [-0.2, -0.15) is 0 Å². The molecule has 36 heavy (non-hydrogen) atoms. The minimum atomic E-state index is -0.625. The molecular formula is C27H34N4O5. The maximum absolute atomic E-state index is 12.7. The Kier molecular flexibility index (Phi) is 7.67. The molecule has 0 radical (unpaired) electrons. The number of H-pyrrole nitrogens is 1. The molecule has 3 aromatic rings. The van der Waals surface area contributed by atoms with Crippen LogP contribution in [0.1, 0.15) is 45.2 Å². The number of likely N-dealkylation sites (tertiary alicyclic amines) is 1. The van der Waals surface area contributed by atoms with Gasteiger partial charge in [-0.3, -0.25) is 4.57 Å². The molecule has 0 atom stereocenters. The zero-order valence-electron chi connectivity index (χ0n) is 21.1. The predicted octanol–water partition coefficient (Wildman–Crippen LogP) is 4.54. The van der Waals surface area contributed by atoms with Crippen LogP contribution in [0.5, 0.6) is 0 Å². The summed E-state index contributed by atoms with van der Waals surface area (Å²) in [5.41, 5.74) is 1.90. The summed E-state index contributed by atoms with van der Waals surface area (Å²) in [5, 5.41) is 0. The number of ether oxygens (including phenoxy) is 2. The molecular weight excluding hydrogens is 460 g/mol. The average molecular weight is 495 g/mol. The van der Waals surface area contributed by atoms with E-state index in [9.17, 15) is 14.4 Å². The topological polar surface area (TPSA) is 96.9 Å². The average Bonchev–Trinajstić information content (AvgIpc) is 3.18. The lowest BCUT2D eigenvalue weighted by atomic mass is 10.0. The van der Waals surface area contributed by atoms with Crippen molar-refractivity contribution in [3.63, 3.8) is 0 Å². The van der Waals surface area contributed by atoms with Crippen molar-refractivity contribution in [1.82, 2.24) is 19.4 Å². The Morgan fingerprint density at radius 3 is 2.39 bits per heavy atom. The second kappa shape index (κ2) is 10.9.